The standard InChI is InChI=1S/C14H14N4O5/c1-8-16-12(18-23-8)5-13(19)15-6-14(20)17-9-2-3-10-11(4-9)22-7-21-10/h2-4H,5-7H2,1H3,(H,15,19)(H,17,20). The molecule has 3 rings (SSSR count). The van der Waals surface area contributed by atoms with Crippen LogP contribution in [0.5, 0.6) is 11.5 Å². The minimum Gasteiger partial charge on any atom is -0.454 e. The van der Waals surface area contributed by atoms with Crippen molar-refractivity contribution in [2.45, 2.75) is 13.3 Å². The molecule has 0 saturated heterocycles. The molecule has 1 aliphatic rings. The van der Waals surface area contributed by atoms with Gasteiger partial charge in [0.2, 0.25) is 24.5 Å². The smallest absolute Gasteiger partial charge is 0.243 e. The summed E-state index contributed by atoms with van der Waals surface area (Å²) in [5, 5.41) is 8.75. The van der Waals surface area contributed by atoms with Crippen molar-refractivity contribution >= 4 is 17.5 Å². The molecular formula is C14H14N4O5. The van der Waals surface area contributed by atoms with Gasteiger partial charge in [-0.1, -0.05) is 5.16 Å². The first-order chi connectivity index (χ1) is 11.1. The number of anilines is 1. The van der Waals surface area contributed by atoms with Crippen molar-refractivity contribution in [3.05, 3.63) is 29.9 Å². The monoisotopic (exact) mass is 318 g/mol. The van der Waals surface area contributed by atoms with Gasteiger partial charge in [0.1, 0.15) is 0 Å². The predicted molar refractivity (Wildman–Crippen MR) is 76.9 cm³/mol. The molecular weight excluding hydrogens is 304 g/mol. The summed E-state index contributed by atoms with van der Waals surface area (Å²) in [5.41, 5.74) is 0.558. The van der Waals surface area contributed by atoms with Crippen molar-refractivity contribution in [3.63, 3.8) is 0 Å². The first-order valence-electron chi connectivity index (χ1n) is 6.85. The Kier molecular flexibility index (Phi) is 4.09. The van der Waals surface area contributed by atoms with E-state index in [4.69, 9.17) is 14.0 Å². The zero-order valence-corrected chi connectivity index (χ0v) is 12.3. The van der Waals surface area contributed by atoms with Crippen molar-refractivity contribution < 1.29 is 23.6 Å². The lowest BCUT2D eigenvalue weighted by Gasteiger charge is -2.07. The molecule has 0 bridgehead atoms. The quantitative estimate of drug-likeness (QED) is 0.820. The molecule has 0 radical (unpaired) electrons. The Balaban J connectivity index is 1.47. The molecule has 2 heterocycles. The normalized spacial score (nSPS) is 12.0. The van der Waals surface area contributed by atoms with E-state index in [1.165, 1.54) is 0 Å². The number of carbonyl (C=O) groups excluding carboxylic acids is 2. The van der Waals surface area contributed by atoms with Gasteiger partial charge in [0.05, 0.1) is 13.0 Å². The highest BCUT2D eigenvalue weighted by Gasteiger charge is 2.15. The summed E-state index contributed by atoms with van der Waals surface area (Å²) < 4.78 is 15.2. The zero-order valence-electron chi connectivity index (χ0n) is 12.3. The fourth-order valence-corrected chi connectivity index (χ4v) is 1.98. The van der Waals surface area contributed by atoms with Crippen LogP contribution >= 0.6 is 0 Å². The van der Waals surface area contributed by atoms with E-state index in [1.807, 2.05) is 0 Å². The van der Waals surface area contributed by atoms with E-state index in [-0.39, 0.29) is 37.4 Å². The van der Waals surface area contributed by atoms with Gasteiger partial charge >= 0.3 is 0 Å². The van der Waals surface area contributed by atoms with Crippen molar-refractivity contribution in [1.29, 1.82) is 0 Å². The molecule has 0 unspecified atom stereocenters. The number of ether oxygens (including phenoxy) is 2. The van der Waals surface area contributed by atoms with E-state index >= 15 is 0 Å². The third kappa shape index (κ3) is 3.76. The van der Waals surface area contributed by atoms with Crippen LogP contribution < -0.4 is 20.1 Å². The van der Waals surface area contributed by atoms with Crippen LogP contribution in [0.15, 0.2) is 22.7 Å². The molecule has 2 aromatic rings. The highest BCUT2D eigenvalue weighted by molar-refractivity contribution is 5.94. The molecule has 0 fully saturated rings. The molecule has 2 amide bonds. The summed E-state index contributed by atoms with van der Waals surface area (Å²) in [6.07, 6.45) is -0.0470. The Morgan fingerprint density at radius 3 is 2.83 bits per heavy atom. The van der Waals surface area contributed by atoms with Crippen LogP contribution in [0.2, 0.25) is 0 Å². The Bertz CT molecular complexity index is 743. The average molecular weight is 318 g/mol. The minimum atomic E-state index is -0.369. The van der Waals surface area contributed by atoms with E-state index in [0.29, 0.717) is 23.1 Å². The van der Waals surface area contributed by atoms with Crippen LogP contribution in [0.3, 0.4) is 0 Å². The van der Waals surface area contributed by atoms with Gasteiger partial charge in [-0.05, 0) is 12.1 Å². The molecule has 0 spiro atoms. The molecule has 9 nitrogen and oxygen atoms in total. The topological polar surface area (TPSA) is 116 Å². The number of benzene rings is 1. The summed E-state index contributed by atoms with van der Waals surface area (Å²) >= 11 is 0. The molecule has 120 valence electrons. The number of hydrogen-bond acceptors (Lipinski definition) is 7. The van der Waals surface area contributed by atoms with E-state index in [9.17, 15) is 9.59 Å². The van der Waals surface area contributed by atoms with Gasteiger partial charge in [-0.15, -0.1) is 0 Å². The molecule has 0 atom stereocenters. The van der Waals surface area contributed by atoms with E-state index in [0.717, 1.165) is 0 Å². The summed E-state index contributed by atoms with van der Waals surface area (Å²) in [4.78, 5) is 27.4. The second-order valence-electron chi connectivity index (χ2n) is 4.80. The van der Waals surface area contributed by atoms with Crippen molar-refractivity contribution in [1.82, 2.24) is 15.5 Å². The lowest BCUT2D eigenvalue weighted by atomic mass is 10.2. The number of nitrogens with zero attached hydrogens (tertiary/aromatic N) is 2. The summed E-state index contributed by atoms with van der Waals surface area (Å²) in [6.45, 7) is 1.63. The molecule has 9 heteroatoms. The lowest BCUT2D eigenvalue weighted by molar-refractivity contribution is -0.123. The molecule has 1 aliphatic heterocycles. The Labute approximate surface area is 131 Å². The lowest BCUT2D eigenvalue weighted by Crippen LogP contribution is -2.34. The highest BCUT2D eigenvalue weighted by Crippen LogP contribution is 2.34. The van der Waals surface area contributed by atoms with E-state index < -0.39 is 0 Å². The van der Waals surface area contributed by atoms with Gasteiger partial charge in [0, 0.05) is 18.7 Å². The molecule has 1 aromatic heterocycles. The number of fused-ring (bicyclic) bond motifs is 1. The Morgan fingerprint density at radius 2 is 2.04 bits per heavy atom. The van der Waals surface area contributed by atoms with Gasteiger partial charge in [0.25, 0.3) is 0 Å². The van der Waals surface area contributed by atoms with Crippen molar-refractivity contribution in [2.24, 2.45) is 0 Å². The Hall–Kier alpha value is -3.10. The number of nitrogens with one attached hydrogen (secondary N) is 2. The number of carbonyl (C=O) groups is 2. The third-order valence-electron chi connectivity index (χ3n) is 2.99. The highest BCUT2D eigenvalue weighted by atomic mass is 16.7. The fraction of sp³-hybridized carbons (Fsp3) is 0.286. The van der Waals surface area contributed by atoms with E-state index in [1.54, 1.807) is 25.1 Å². The first kappa shape index (κ1) is 14.8. The SMILES string of the molecule is Cc1nc(CC(=O)NCC(=O)Nc2ccc3c(c2)OCO3)no1. The molecule has 2 N–H and O–H groups in total. The molecule has 0 saturated carbocycles. The van der Waals surface area contributed by atoms with Crippen LogP contribution in [0.4, 0.5) is 5.69 Å². The second-order valence-corrected chi connectivity index (χ2v) is 4.80. The number of amides is 2. The molecule has 23 heavy (non-hydrogen) atoms. The predicted octanol–water partition coefficient (Wildman–Crippen LogP) is 0.404. The van der Waals surface area contributed by atoms with Crippen LogP contribution in [0.1, 0.15) is 11.7 Å². The van der Waals surface area contributed by atoms with Crippen molar-refractivity contribution in [3.8, 4) is 11.5 Å². The number of hydrogen-bond donors (Lipinski definition) is 2. The summed E-state index contributed by atoms with van der Waals surface area (Å²) in [7, 11) is 0. The average Bonchev–Trinajstić information content (AvgIpc) is 3.13. The fourth-order valence-electron chi connectivity index (χ4n) is 1.98. The zero-order chi connectivity index (χ0) is 16.2. The maximum atomic E-state index is 11.8. The third-order valence-corrected chi connectivity index (χ3v) is 2.99. The van der Waals surface area contributed by atoms with Crippen LogP contribution in [0, 0.1) is 6.92 Å². The Morgan fingerprint density at radius 1 is 1.22 bits per heavy atom. The number of aryl methyl sites for hydroxylation is 1. The van der Waals surface area contributed by atoms with E-state index in [2.05, 4.69) is 20.8 Å². The maximum absolute atomic E-state index is 11.8. The largest absolute Gasteiger partial charge is 0.454 e. The maximum Gasteiger partial charge on any atom is 0.243 e. The van der Waals surface area contributed by atoms with Crippen LogP contribution in [-0.4, -0.2) is 35.3 Å². The number of aromatic nitrogens is 2. The summed E-state index contributed by atoms with van der Waals surface area (Å²) in [5.74, 6) is 1.13. The van der Waals surface area contributed by atoms with Crippen LogP contribution in [0.25, 0.3) is 0 Å². The summed E-state index contributed by atoms with van der Waals surface area (Å²) in [6, 6.07) is 5.05. The molecule has 0 aliphatic carbocycles. The van der Waals surface area contributed by atoms with Gasteiger partial charge in [0.15, 0.2) is 17.3 Å². The first-order valence-corrected chi connectivity index (χ1v) is 6.85. The van der Waals surface area contributed by atoms with Crippen LogP contribution in [-0.2, 0) is 16.0 Å². The number of rotatable bonds is 5. The van der Waals surface area contributed by atoms with Gasteiger partial charge in [-0.3, -0.25) is 9.59 Å². The van der Waals surface area contributed by atoms with Gasteiger partial charge < -0.3 is 24.6 Å². The second kappa shape index (κ2) is 6.34. The van der Waals surface area contributed by atoms with Gasteiger partial charge in [-0.2, -0.15) is 4.98 Å². The molecule has 1 aromatic carbocycles. The minimum absolute atomic E-state index is 0.0470. The van der Waals surface area contributed by atoms with Gasteiger partial charge in [-0.25, -0.2) is 0 Å². The van der Waals surface area contributed by atoms with Crippen molar-refractivity contribution in [2.75, 3.05) is 18.7 Å².